The molecule has 1 aliphatic carbocycles. The van der Waals surface area contributed by atoms with Crippen molar-refractivity contribution >= 4 is 17.9 Å². The molecule has 0 bridgehead atoms. The van der Waals surface area contributed by atoms with Crippen molar-refractivity contribution in [1.82, 2.24) is 10.2 Å². The van der Waals surface area contributed by atoms with Crippen molar-refractivity contribution < 1.29 is 14.3 Å². The van der Waals surface area contributed by atoms with E-state index in [1.165, 1.54) is 0 Å². The largest absolute Gasteiger partial charge is 0.375 e. The monoisotopic (exact) mass is 396 g/mol. The van der Waals surface area contributed by atoms with Gasteiger partial charge >= 0.3 is 0 Å². The number of hydrogen-bond acceptors (Lipinski definition) is 3. The van der Waals surface area contributed by atoms with Crippen LogP contribution in [0.25, 0.3) is 6.08 Å². The van der Waals surface area contributed by atoms with Gasteiger partial charge in [-0.2, -0.15) is 0 Å². The average Bonchev–Trinajstić information content (AvgIpc) is 3.21. The fourth-order valence-electron chi connectivity index (χ4n) is 5.01. The number of amides is 2. The quantitative estimate of drug-likeness (QED) is 0.792. The van der Waals surface area contributed by atoms with Crippen molar-refractivity contribution in [3.05, 3.63) is 42.0 Å². The van der Waals surface area contributed by atoms with E-state index in [1.54, 1.807) is 6.08 Å². The van der Waals surface area contributed by atoms with Crippen molar-refractivity contribution in [1.29, 1.82) is 0 Å². The maximum absolute atomic E-state index is 12.9. The molecule has 1 aromatic rings. The van der Waals surface area contributed by atoms with Crippen LogP contribution in [0, 0.1) is 5.92 Å². The third kappa shape index (κ3) is 5.08. The molecular formula is C24H32N2O3. The molecule has 1 spiro atoms. The van der Waals surface area contributed by atoms with E-state index in [0.29, 0.717) is 5.91 Å². The Labute approximate surface area is 173 Å². The zero-order chi connectivity index (χ0) is 20.1. The van der Waals surface area contributed by atoms with Gasteiger partial charge in [0, 0.05) is 37.7 Å². The first kappa shape index (κ1) is 20.1. The Bertz CT molecular complexity index is 722. The molecule has 0 unspecified atom stereocenters. The zero-order valence-electron chi connectivity index (χ0n) is 17.1. The molecule has 2 saturated heterocycles. The second-order valence-corrected chi connectivity index (χ2v) is 8.76. The average molecular weight is 397 g/mol. The Hall–Kier alpha value is -2.14. The number of ether oxygens (including phenoxy) is 1. The van der Waals surface area contributed by atoms with Crippen LogP contribution in [0.15, 0.2) is 36.4 Å². The van der Waals surface area contributed by atoms with E-state index < -0.39 is 0 Å². The lowest BCUT2D eigenvalue weighted by atomic mass is 9.83. The predicted molar refractivity (Wildman–Crippen MR) is 113 cm³/mol. The molecule has 156 valence electrons. The van der Waals surface area contributed by atoms with Gasteiger partial charge in [-0.3, -0.25) is 9.59 Å². The maximum Gasteiger partial charge on any atom is 0.244 e. The first-order chi connectivity index (χ1) is 14.1. The topological polar surface area (TPSA) is 58.6 Å². The van der Waals surface area contributed by atoms with Crippen LogP contribution in [-0.4, -0.2) is 48.1 Å². The van der Waals surface area contributed by atoms with Gasteiger partial charge in [0.25, 0.3) is 0 Å². The second kappa shape index (κ2) is 9.12. The van der Waals surface area contributed by atoms with E-state index in [2.05, 4.69) is 10.2 Å². The summed E-state index contributed by atoms with van der Waals surface area (Å²) in [6, 6.07) is 9.99. The van der Waals surface area contributed by atoms with Gasteiger partial charge in [-0.1, -0.05) is 30.3 Å². The van der Waals surface area contributed by atoms with Gasteiger partial charge in [0.1, 0.15) is 0 Å². The van der Waals surface area contributed by atoms with Crippen LogP contribution < -0.4 is 5.32 Å². The lowest BCUT2D eigenvalue weighted by Crippen LogP contribution is -2.49. The number of likely N-dealkylation sites (tertiary alicyclic amines) is 1. The van der Waals surface area contributed by atoms with Gasteiger partial charge in [0.2, 0.25) is 11.8 Å². The minimum Gasteiger partial charge on any atom is -0.375 e. The summed E-state index contributed by atoms with van der Waals surface area (Å²) in [5.74, 6) is 0.370. The van der Waals surface area contributed by atoms with E-state index in [-0.39, 0.29) is 23.5 Å². The molecule has 3 aliphatic rings. The molecule has 0 atom stereocenters. The summed E-state index contributed by atoms with van der Waals surface area (Å²) < 4.78 is 5.97. The fraction of sp³-hybridized carbons (Fsp3) is 0.583. The van der Waals surface area contributed by atoms with Gasteiger partial charge in [-0.25, -0.2) is 0 Å². The molecule has 1 saturated carbocycles. The molecule has 1 N–H and O–H groups in total. The Morgan fingerprint density at radius 3 is 2.41 bits per heavy atom. The van der Waals surface area contributed by atoms with E-state index in [9.17, 15) is 9.59 Å². The van der Waals surface area contributed by atoms with Crippen LogP contribution in [-0.2, 0) is 14.3 Å². The normalized spacial score (nSPS) is 26.7. The van der Waals surface area contributed by atoms with Gasteiger partial charge in [0.15, 0.2) is 0 Å². The molecule has 3 fully saturated rings. The minimum atomic E-state index is -0.0541. The summed E-state index contributed by atoms with van der Waals surface area (Å²) in [6.07, 6.45) is 11.2. The number of rotatable bonds is 4. The number of nitrogens with one attached hydrogen (secondary N) is 1. The van der Waals surface area contributed by atoms with Crippen molar-refractivity contribution in [2.24, 2.45) is 5.92 Å². The highest BCUT2D eigenvalue weighted by Gasteiger charge is 2.40. The van der Waals surface area contributed by atoms with Crippen LogP contribution in [0.3, 0.4) is 0 Å². The Balaban J connectivity index is 1.19. The Kier molecular flexibility index (Phi) is 6.34. The third-order valence-electron chi connectivity index (χ3n) is 6.82. The molecule has 0 radical (unpaired) electrons. The molecule has 29 heavy (non-hydrogen) atoms. The summed E-state index contributed by atoms with van der Waals surface area (Å²) in [5, 5.41) is 3.09. The summed E-state index contributed by atoms with van der Waals surface area (Å²) >= 11 is 0. The highest BCUT2D eigenvalue weighted by Crippen LogP contribution is 2.36. The maximum atomic E-state index is 12.9. The van der Waals surface area contributed by atoms with Crippen LogP contribution in [0.5, 0.6) is 0 Å². The van der Waals surface area contributed by atoms with Crippen molar-refractivity contribution in [3.63, 3.8) is 0 Å². The SMILES string of the molecule is O=C(C=Cc1ccccc1)NC1CCC(C(=O)N2CCC3(CCCO3)CC2)CC1. The molecule has 5 heteroatoms. The van der Waals surface area contributed by atoms with Gasteiger partial charge < -0.3 is 15.0 Å². The van der Waals surface area contributed by atoms with E-state index in [4.69, 9.17) is 4.74 Å². The molecular weight excluding hydrogens is 364 g/mol. The first-order valence-corrected chi connectivity index (χ1v) is 11.1. The third-order valence-corrected chi connectivity index (χ3v) is 6.82. The molecule has 2 amide bonds. The van der Waals surface area contributed by atoms with Crippen molar-refractivity contribution in [2.75, 3.05) is 19.7 Å². The van der Waals surface area contributed by atoms with Crippen LogP contribution in [0.1, 0.15) is 56.9 Å². The standard InChI is InChI=1S/C24H32N2O3/c27-22(12-7-19-5-2-1-3-6-19)25-21-10-8-20(9-11-21)23(28)26-16-14-24(15-17-26)13-4-18-29-24/h1-3,5-7,12,20-21H,4,8-11,13-18H2,(H,25,27). The van der Waals surface area contributed by atoms with Gasteiger partial charge in [0.05, 0.1) is 5.60 Å². The molecule has 2 aliphatic heterocycles. The van der Waals surface area contributed by atoms with E-state index in [0.717, 1.165) is 76.6 Å². The second-order valence-electron chi connectivity index (χ2n) is 8.76. The first-order valence-electron chi connectivity index (χ1n) is 11.1. The molecule has 5 nitrogen and oxygen atoms in total. The molecule has 4 rings (SSSR count). The van der Waals surface area contributed by atoms with Gasteiger partial charge in [-0.15, -0.1) is 0 Å². The number of nitrogens with zero attached hydrogens (tertiary/aromatic N) is 1. The van der Waals surface area contributed by atoms with Gasteiger partial charge in [-0.05, 0) is 63.0 Å². The number of carbonyl (C=O) groups excluding carboxylic acids is 2. The summed E-state index contributed by atoms with van der Waals surface area (Å²) in [7, 11) is 0. The molecule has 2 heterocycles. The van der Waals surface area contributed by atoms with Crippen molar-refractivity contribution in [3.8, 4) is 0 Å². The lowest BCUT2D eigenvalue weighted by Gasteiger charge is -2.40. The summed E-state index contributed by atoms with van der Waals surface area (Å²) in [5.41, 5.74) is 1.08. The molecule has 0 aromatic heterocycles. The summed E-state index contributed by atoms with van der Waals surface area (Å²) in [6.45, 7) is 2.55. The van der Waals surface area contributed by atoms with Crippen LogP contribution >= 0.6 is 0 Å². The minimum absolute atomic E-state index is 0.0541. The molecule has 1 aromatic carbocycles. The number of benzene rings is 1. The summed E-state index contributed by atoms with van der Waals surface area (Å²) in [4.78, 5) is 27.2. The van der Waals surface area contributed by atoms with E-state index in [1.807, 2.05) is 36.4 Å². The van der Waals surface area contributed by atoms with Crippen LogP contribution in [0.2, 0.25) is 0 Å². The Morgan fingerprint density at radius 1 is 1.03 bits per heavy atom. The highest BCUT2D eigenvalue weighted by atomic mass is 16.5. The number of carbonyl (C=O) groups is 2. The van der Waals surface area contributed by atoms with Crippen LogP contribution in [0.4, 0.5) is 0 Å². The fourth-order valence-corrected chi connectivity index (χ4v) is 5.01. The number of piperidine rings is 1. The van der Waals surface area contributed by atoms with E-state index >= 15 is 0 Å². The smallest absolute Gasteiger partial charge is 0.244 e. The lowest BCUT2D eigenvalue weighted by molar-refractivity contribution is -0.141. The Morgan fingerprint density at radius 2 is 1.76 bits per heavy atom. The number of hydrogen-bond donors (Lipinski definition) is 1. The highest BCUT2D eigenvalue weighted by molar-refractivity contribution is 5.91. The predicted octanol–water partition coefficient (Wildman–Crippen LogP) is 3.55. The van der Waals surface area contributed by atoms with Crippen molar-refractivity contribution in [2.45, 2.75) is 63.0 Å². The zero-order valence-corrected chi connectivity index (χ0v) is 17.1.